The molecule has 0 unspecified atom stereocenters. The summed E-state index contributed by atoms with van der Waals surface area (Å²) < 4.78 is 10.9. The molecule has 1 heterocycles. The van der Waals surface area contributed by atoms with Crippen LogP contribution in [0.4, 0.5) is 0 Å². The average molecular weight is 320 g/mol. The molecule has 1 aromatic carbocycles. The summed E-state index contributed by atoms with van der Waals surface area (Å²) in [4.78, 5) is 16.3. The molecule has 23 heavy (non-hydrogen) atoms. The van der Waals surface area contributed by atoms with Crippen molar-refractivity contribution in [3.8, 4) is 11.5 Å². The minimum Gasteiger partial charge on any atom is -0.497 e. The number of piperazine rings is 1. The first-order valence-corrected chi connectivity index (χ1v) is 8.50. The predicted molar refractivity (Wildman–Crippen MR) is 91.0 cm³/mol. The highest BCUT2D eigenvalue weighted by Gasteiger charge is 2.20. The van der Waals surface area contributed by atoms with Gasteiger partial charge in [-0.15, -0.1) is 0 Å². The Bertz CT molecular complexity index is 468. The minimum absolute atomic E-state index is 0.306. The zero-order valence-corrected chi connectivity index (χ0v) is 14.3. The summed E-state index contributed by atoms with van der Waals surface area (Å²) >= 11 is 0. The van der Waals surface area contributed by atoms with E-state index in [0.717, 1.165) is 57.1 Å². The molecule has 0 N–H and O–H groups in total. The summed E-state index contributed by atoms with van der Waals surface area (Å²) in [5.74, 6) is 2.00. The molecular formula is C18H28N2O3. The lowest BCUT2D eigenvalue weighted by Crippen LogP contribution is -2.49. The molecule has 5 heteroatoms. The maximum Gasteiger partial charge on any atom is 0.222 e. The van der Waals surface area contributed by atoms with Crippen LogP contribution in [0.25, 0.3) is 0 Å². The SMILES string of the molecule is CCCCC(=O)N1CCN(CCOc2ccc(OC)cc2)CC1. The second-order valence-corrected chi connectivity index (χ2v) is 5.85. The maximum atomic E-state index is 12.0. The van der Waals surface area contributed by atoms with E-state index >= 15 is 0 Å². The Morgan fingerprint density at radius 2 is 1.74 bits per heavy atom. The minimum atomic E-state index is 0.306. The molecule has 1 aliphatic rings. The van der Waals surface area contributed by atoms with Gasteiger partial charge in [0.1, 0.15) is 18.1 Å². The second-order valence-electron chi connectivity index (χ2n) is 5.85. The van der Waals surface area contributed by atoms with Gasteiger partial charge in [0.05, 0.1) is 7.11 Å². The lowest BCUT2D eigenvalue weighted by atomic mass is 10.2. The van der Waals surface area contributed by atoms with Gasteiger partial charge in [-0.1, -0.05) is 13.3 Å². The third-order valence-electron chi connectivity index (χ3n) is 4.20. The molecule has 0 radical (unpaired) electrons. The first-order valence-electron chi connectivity index (χ1n) is 8.50. The highest BCUT2D eigenvalue weighted by molar-refractivity contribution is 5.76. The fourth-order valence-electron chi connectivity index (χ4n) is 2.67. The van der Waals surface area contributed by atoms with Crippen LogP contribution in [0.2, 0.25) is 0 Å². The van der Waals surface area contributed by atoms with Crippen molar-refractivity contribution in [2.75, 3.05) is 46.4 Å². The molecule has 1 amide bonds. The van der Waals surface area contributed by atoms with Gasteiger partial charge in [0.2, 0.25) is 5.91 Å². The van der Waals surface area contributed by atoms with Crippen molar-refractivity contribution >= 4 is 5.91 Å². The van der Waals surface area contributed by atoms with Gasteiger partial charge >= 0.3 is 0 Å². The van der Waals surface area contributed by atoms with Crippen LogP contribution in [0.5, 0.6) is 11.5 Å². The van der Waals surface area contributed by atoms with E-state index in [0.29, 0.717) is 18.9 Å². The zero-order chi connectivity index (χ0) is 16.5. The summed E-state index contributed by atoms with van der Waals surface area (Å²) in [6, 6.07) is 7.64. The monoisotopic (exact) mass is 320 g/mol. The topological polar surface area (TPSA) is 42.0 Å². The third-order valence-corrected chi connectivity index (χ3v) is 4.20. The van der Waals surface area contributed by atoms with E-state index < -0.39 is 0 Å². The number of ether oxygens (including phenoxy) is 2. The van der Waals surface area contributed by atoms with Crippen LogP contribution < -0.4 is 9.47 Å². The molecular weight excluding hydrogens is 292 g/mol. The number of methoxy groups -OCH3 is 1. The molecule has 0 aromatic heterocycles. The Morgan fingerprint density at radius 3 is 2.35 bits per heavy atom. The third kappa shape index (κ3) is 5.75. The number of hydrogen-bond acceptors (Lipinski definition) is 4. The Morgan fingerprint density at radius 1 is 1.09 bits per heavy atom. The van der Waals surface area contributed by atoms with Gasteiger partial charge in [-0.2, -0.15) is 0 Å². The molecule has 1 aromatic rings. The molecule has 5 nitrogen and oxygen atoms in total. The molecule has 0 aliphatic carbocycles. The largest absolute Gasteiger partial charge is 0.497 e. The summed E-state index contributed by atoms with van der Waals surface area (Å²) in [5, 5.41) is 0. The Kier molecular flexibility index (Phi) is 7.20. The van der Waals surface area contributed by atoms with Crippen molar-refractivity contribution in [1.29, 1.82) is 0 Å². The van der Waals surface area contributed by atoms with Crippen molar-refractivity contribution in [2.45, 2.75) is 26.2 Å². The van der Waals surface area contributed by atoms with Crippen LogP contribution >= 0.6 is 0 Å². The van der Waals surface area contributed by atoms with Gasteiger partial charge < -0.3 is 14.4 Å². The summed E-state index contributed by atoms with van der Waals surface area (Å²) in [6.07, 6.45) is 2.76. The van der Waals surface area contributed by atoms with Crippen LogP contribution in [0.1, 0.15) is 26.2 Å². The van der Waals surface area contributed by atoms with E-state index in [2.05, 4.69) is 11.8 Å². The number of hydrogen-bond donors (Lipinski definition) is 0. The molecule has 1 aliphatic heterocycles. The van der Waals surface area contributed by atoms with Crippen molar-refractivity contribution in [3.63, 3.8) is 0 Å². The van der Waals surface area contributed by atoms with Crippen molar-refractivity contribution in [3.05, 3.63) is 24.3 Å². The first-order chi connectivity index (χ1) is 11.2. The van der Waals surface area contributed by atoms with Gasteiger partial charge in [-0.3, -0.25) is 9.69 Å². The molecule has 0 bridgehead atoms. The Hall–Kier alpha value is -1.75. The number of nitrogens with zero attached hydrogens (tertiary/aromatic N) is 2. The van der Waals surface area contributed by atoms with Crippen molar-refractivity contribution in [2.24, 2.45) is 0 Å². The normalized spacial score (nSPS) is 15.5. The number of carbonyl (C=O) groups is 1. The van der Waals surface area contributed by atoms with E-state index in [9.17, 15) is 4.79 Å². The van der Waals surface area contributed by atoms with Gasteiger partial charge in [0, 0.05) is 39.1 Å². The summed E-state index contributed by atoms with van der Waals surface area (Å²) in [6.45, 7) is 7.22. The zero-order valence-electron chi connectivity index (χ0n) is 14.3. The van der Waals surface area contributed by atoms with Crippen LogP contribution in [-0.2, 0) is 4.79 Å². The number of amides is 1. The van der Waals surface area contributed by atoms with Gasteiger partial charge in [0.15, 0.2) is 0 Å². The van der Waals surface area contributed by atoms with Gasteiger partial charge in [0.25, 0.3) is 0 Å². The van der Waals surface area contributed by atoms with E-state index in [-0.39, 0.29) is 0 Å². The number of unbranched alkanes of at least 4 members (excludes halogenated alkanes) is 1. The predicted octanol–water partition coefficient (Wildman–Crippen LogP) is 2.41. The van der Waals surface area contributed by atoms with Crippen molar-refractivity contribution in [1.82, 2.24) is 9.80 Å². The average Bonchev–Trinajstić information content (AvgIpc) is 2.61. The number of carbonyl (C=O) groups excluding carboxylic acids is 1. The molecule has 128 valence electrons. The summed E-state index contributed by atoms with van der Waals surface area (Å²) in [7, 11) is 1.66. The molecule has 0 saturated carbocycles. The van der Waals surface area contributed by atoms with E-state index in [1.54, 1.807) is 7.11 Å². The molecule has 0 spiro atoms. The standard InChI is InChI=1S/C18H28N2O3/c1-3-4-5-18(21)20-12-10-19(11-13-20)14-15-23-17-8-6-16(22-2)7-9-17/h6-9H,3-5,10-15H2,1-2H3. The number of rotatable bonds is 8. The lowest BCUT2D eigenvalue weighted by molar-refractivity contribution is -0.133. The molecule has 2 rings (SSSR count). The second kappa shape index (κ2) is 9.40. The maximum absolute atomic E-state index is 12.0. The lowest BCUT2D eigenvalue weighted by Gasteiger charge is -2.34. The van der Waals surface area contributed by atoms with Crippen molar-refractivity contribution < 1.29 is 14.3 Å². The first kappa shape index (κ1) is 17.6. The quantitative estimate of drug-likeness (QED) is 0.738. The summed E-state index contributed by atoms with van der Waals surface area (Å²) in [5.41, 5.74) is 0. The van der Waals surface area contributed by atoms with Gasteiger partial charge in [-0.05, 0) is 30.7 Å². The van der Waals surface area contributed by atoms with E-state index in [4.69, 9.17) is 9.47 Å². The smallest absolute Gasteiger partial charge is 0.222 e. The number of benzene rings is 1. The fraction of sp³-hybridized carbons (Fsp3) is 0.611. The fourth-order valence-corrected chi connectivity index (χ4v) is 2.67. The van der Waals surface area contributed by atoms with E-state index in [1.807, 2.05) is 29.2 Å². The highest BCUT2D eigenvalue weighted by atomic mass is 16.5. The Labute approximate surface area is 139 Å². The van der Waals surface area contributed by atoms with E-state index in [1.165, 1.54) is 0 Å². The van der Waals surface area contributed by atoms with Gasteiger partial charge in [-0.25, -0.2) is 0 Å². The molecule has 0 atom stereocenters. The van der Waals surface area contributed by atoms with Crippen LogP contribution in [0, 0.1) is 0 Å². The van der Waals surface area contributed by atoms with Crippen LogP contribution in [-0.4, -0.2) is 62.1 Å². The molecule has 1 fully saturated rings. The Balaban J connectivity index is 1.63. The highest BCUT2D eigenvalue weighted by Crippen LogP contribution is 2.17. The molecule has 1 saturated heterocycles. The van der Waals surface area contributed by atoms with Crippen LogP contribution in [0.3, 0.4) is 0 Å². The van der Waals surface area contributed by atoms with Crippen LogP contribution in [0.15, 0.2) is 24.3 Å².